The third kappa shape index (κ3) is 24.2. The van der Waals surface area contributed by atoms with Crippen molar-refractivity contribution in [2.45, 2.75) is 142 Å². The van der Waals surface area contributed by atoms with Gasteiger partial charge in [-0.25, -0.2) is 0 Å². The predicted octanol–water partition coefficient (Wildman–Crippen LogP) is -3.84. The van der Waals surface area contributed by atoms with E-state index in [0.717, 1.165) is 32.9 Å². The van der Waals surface area contributed by atoms with Crippen LogP contribution in [0.1, 0.15) is 81.1 Å². The van der Waals surface area contributed by atoms with E-state index in [0.29, 0.717) is 0 Å². The second-order valence-corrected chi connectivity index (χ2v) is 19.4. The summed E-state index contributed by atoms with van der Waals surface area (Å²) in [5.74, 6) is -18.3. The first kappa shape index (κ1) is 69.8. The first-order valence-electron chi connectivity index (χ1n) is 24.3. The van der Waals surface area contributed by atoms with Crippen molar-refractivity contribution < 1.29 is 92.5 Å². The summed E-state index contributed by atoms with van der Waals surface area (Å²) in [7, 11) is 0. The van der Waals surface area contributed by atoms with Gasteiger partial charge in [-0.05, 0) is 45.1 Å². The van der Waals surface area contributed by atoms with Crippen LogP contribution in [-0.2, 0) is 67.1 Å². The Kier molecular flexibility index (Phi) is 29.0. The number of thiol groups is 1. The molecule has 0 spiro atoms. The number of halogens is 1. The van der Waals surface area contributed by atoms with Gasteiger partial charge >= 0.3 is 17.9 Å². The Morgan fingerprint density at radius 3 is 1.43 bits per heavy atom. The topological polar surface area (TPSA) is 495 Å². The maximum atomic E-state index is 13.8. The van der Waals surface area contributed by atoms with E-state index in [1.165, 1.54) is 40.7 Å². The summed E-state index contributed by atoms with van der Waals surface area (Å²) in [5, 5.41) is 74.7. The van der Waals surface area contributed by atoms with Crippen LogP contribution in [-0.4, -0.2) is 181 Å². The maximum absolute atomic E-state index is 13.8. The number of nitro benzene ring substituents is 1. The Hall–Kier alpha value is -8.20. The summed E-state index contributed by atoms with van der Waals surface area (Å²) in [4.78, 5) is 190. The van der Waals surface area contributed by atoms with E-state index >= 15 is 0 Å². The molecule has 1 aromatic rings. The monoisotopic (exact) mass is 1170 g/mol. The molecule has 0 saturated heterocycles. The zero-order valence-corrected chi connectivity index (χ0v) is 46.1. The Morgan fingerprint density at radius 1 is 0.562 bits per heavy atom. The Balaban J connectivity index is 3.29. The van der Waals surface area contributed by atoms with E-state index in [-0.39, 0.29) is 22.2 Å². The number of rotatable bonds is 33. The lowest BCUT2D eigenvalue weighted by Crippen LogP contribution is -2.62. The number of carboxylic acid groups (broad SMARTS) is 3. The molecule has 0 aliphatic rings. The number of anilines is 1. The number of carboxylic acids is 3. The second-order valence-electron chi connectivity index (χ2n) is 18.6. The molecule has 34 heteroatoms. The number of aliphatic carboxylic acids is 3. The van der Waals surface area contributed by atoms with Gasteiger partial charge in [-0.2, -0.15) is 12.6 Å². The predicted molar refractivity (Wildman–Crippen MR) is 281 cm³/mol. The van der Waals surface area contributed by atoms with Crippen LogP contribution < -0.4 is 58.5 Å². The molecule has 11 amide bonds. The highest BCUT2D eigenvalue weighted by Crippen LogP contribution is 2.27. The van der Waals surface area contributed by atoms with E-state index in [1.54, 1.807) is 0 Å². The molecule has 10 atom stereocenters. The van der Waals surface area contributed by atoms with Crippen molar-refractivity contribution in [3.63, 3.8) is 0 Å². The number of carbonyl (C=O) groups excluding carboxylic acids is 11. The number of benzene rings is 1. The number of nitrogens with one attached hydrogen (secondary N) is 11. The summed E-state index contributed by atoms with van der Waals surface area (Å²) in [6.45, 7) is 9.87. The van der Waals surface area contributed by atoms with Crippen LogP contribution in [0.4, 0.5) is 11.4 Å². The van der Waals surface area contributed by atoms with Crippen LogP contribution in [0.15, 0.2) is 18.2 Å². The normalized spacial score (nSPS) is 14.7. The van der Waals surface area contributed by atoms with E-state index in [1.807, 2.05) is 5.32 Å². The van der Waals surface area contributed by atoms with Crippen molar-refractivity contribution >= 4 is 118 Å². The van der Waals surface area contributed by atoms with Crippen LogP contribution in [0, 0.1) is 22.0 Å². The number of aliphatic hydroxyl groups is 1. The summed E-state index contributed by atoms with van der Waals surface area (Å²) < 4.78 is 0. The summed E-state index contributed by atoms with van der Waals surface area (Å²) in [6.07, 6.45) is -5.77. The lowest BCUT2D eigenvalue weighted by atomic mass is 9.99. The highest BCUT2D eigenvalue weighted by Gasteiger charge is 2.38. The molecule has 0 aliphatic carbocycles. The molecule has 1 rings (SSSR count). The van der Waals surface area contributed by atoms with Crippen LogP contribution in [0.3, 0.4) is 0 Å². The first-order chi connectivity index (χ1) is 37.1. The molecule has 0 fully saturated rings. The lowest BCUT2D eigenvalue weighted by Gasteiger charge is -2.29. The van der Waals surface area contributed by atoms with Crippen molar-refractivity contribution in [2.24, 2.45) is 11.8 Å². The fourth-order valence-electron chi connectivity index (χ4n) is 6.72. The molecular weight excluding hydrogens is 1110 g/mol. The minimum atomic E-state index is -2.08. The molecule has 444 valence electrons. The summed E-state index contributed by atoms with van der Waals surface area (Å²) in [5.41, 5.74) is -0.369. The fraction of sp³-hybridized carbons (Fsp3) is 0.565. The highest BCUT2D eigenvalue weighted by atomic mass is 35.5. The van der Waals surface area contributed by atoms with Gasteiger partial charge in [0.1, 0.15) is 54.4 Å². The molecule has 0 unspecified atom stereocenters. The largest absolute Gasteiger partial charge is 0.481 e. The number of amides is 11. The van der Waals surface area contributed by atoms with Crippen molar-refractivity contribution in [1.29, 1.82) is 0 Å². The number of non-ortho nitro benzene ring substituents is 1. The number of nitro groups is 1. The van der Waals surface area contributed by atoms with Crippen LogP contribution in [0.2, 0.25) is 5.02 Å². The lowest BCUT2D eigenvalue weighted by molar-refractivity contribution is -0.384. The van der Waals surface area contributed by atoms with Gasteiger partial charge in [0.15, 0.2) is 0 Å². The minimum Gasteiger partial charge on any atom is -0.481 e. The molecule has 0 heterocycles. The molecular formula is C46H67ClN12O20S. The molecule has 0 aliphatic heterocycles. The average molecular weight is 1180 g/mol. The molecule has 80 heavy (non-hydrogen) atoms. The highest BCUT2D eigenvalue weighted by molar-refractivity contribution is 7.80. The number of nitrogens with zero attached hydrogens (tertiary/aromatic N) is 1. The number of hydrogen-bond donors (Lipinski definition) is 16. The SMILES string of the molecule is CC(=O)NCC(=O)N[C@@H](C)C(=O)N[C@@H](CC(=O)O)C(=O)N[C@H](C(=O)N[C@@H](CCC(=O)O)C(=O)N[C@@H](CC(=O)O)C(=O)N[C@H](C(=O)N[C@H](C(=O)N[C@@H](C)C(=O)N[C@@H](CS)C(=O)Nc1ccc([N+](=O)[O-])cc1Cl)C(C)C)C(C)C)[C@@H](C)O. The van der Waals surface area contributed by atoms with Gasteiger partial charge in [0.25, 0.3) is 5.69 Å². The minimum absolute atomic E-state index is 0.0184. The van der Waals surface area contributed by atoms with Gasteiger partial charge in [0, 0.05) is 31.2 Å². The molecule has 32 nitrogen and oxygen atoms in total. The average Bonchev–Trinajstić information content (AvgIpc) is 3.34. The van der Waals surface area contributed by atoms with E-state index in [9.17, 15) is 97.7 Å². The smallest absolute Gasteiger partial charge is 0.305 e. The summed E-state index contributed by atoms with van der Waals surface area (Å²) >= 11 is 10.2. The van der Waals surface area contributed by atoms with Crippen molar-refractivity contribution in [2.75, 3.05) is 17.6 Å². The Labute approximate surface area is 467 Å². The number of hydrogen-bond acceptors (Lipinski definition) is 18. The molecule has 0 bridgehead atoms. The van der Waals surface area contributed by atoms with Gasteiger partial charge < -0.3 is 78.9 Å². The van der Waals surface area contributed by atoms with Crippen molar-refractivity contribution in [3.8, 4) is 0 Å². The maximum Gasteiger partial charge on any atom is 0.305 e. The summed E-state index contributed by atoms with van der Waals surface area (Å²) in [6, 6.07) is -11.9. The molecule has 0 radical (unpaired) electrons. The second kappa shape index (κ2) is 33.3. The fourth-order valence-corrected chi connectivity index (χ4v) is 7.20. The van der Waals surface area contributed by atoms with Gasteiger partial charge in [0.05, 0.1) is 41.1 Å². The Morgan fingerprint density at radius 2 is 0.988 bits per heavy atom. The Bertz CT molecular complexity index is 2520. The van der Waals surface area contributed by atoms with Crippen LogP contribution >= 0.6 is 24.2 Å². The van der Waals surface area contributed by atoms with E-state index < -0.39 is 192 Å². The zero-order valence-electron chi connectivity index (χ0n) is 44.5. The third-order valence-corrected chi connectivity index (χ3v) is 11.8. The third-order valence-electron chi connectivity index (χ3n) is 11.1. The van der Waals surface area contributed by atoms with E-state index in [4.69, 9.17) is 11.6 Å². The van der Waals surface area contributed by atoms with Crippen molar-refractivity contribution in [3.05, 3.63) is 33.3 Å². The van der Waals surface area contributed by atoms with Crippen LogP contribution in [0.5, 0.6) is 0 Å². The molecule has 0 aromatic heterocycles. The van der Waals surface area contributed by atoms with Gasteiger partial charge in [-0.1, -0.05) is 39.3 Å². The molecule has 1 aromatic carbocycles. The molecule has 15 N–H and O–H groups in total. The standard InChI is InChI=1S/C46H67ClN12O20S/c1-18(2)35(44(75)50-21(6)39(70)55-30(17-80)43(74)51-26-10-9-24(59(78)79)13-25(26)47)57-45(76)36(19(3)4)56-41(72)29(15-34(67)68)54-40(71)27(11-12-32(63)64)52-46(77)37(22(7)60)58-42(73)28(14-33(65)66)53-38(69)20(5)49-31(62)16-48-23(8)61/h9-10,13,18-22,27-30,35-37,60,80H,11-12,14-17H2,1-8H3,(H,48,61)(H,49,62)(H,50,75)(H,51,74)(H,52,77)(H,53,69)(H,54,71)(H,55,70)(H,56,72)(H,57,76)(H,58,73)(H,63,64)(H,65,66)(H,67,68)/t20-,21-,22+,27-,28-,29-,30-,35-,36-,37-/m0/s1. The van der Waals surface area contributed by atoms with E-state index in [2.05, 4.69) is 65.8 Å². The first-order valence-corrected chi connectivity index (χ1v) is 25.3. The van der Waals surface area contributed by atoms with Crippen molar-refractivity contribution in [1.82, 2.24) is 53.2 Å². The molecule has 0 saturated carbocycles. The number of aliphatic hydroxyl groups excluding tert-OH is 1. The zero-order chi connectivity index (χ0) is 61.5. The van der Waals surface area contributed by atoms with Gasteiger partial charge in [0.2, 0.25) is 65.0 Å². The quantitative estimate of drug-likeness (QED) is 0.0182. The number of carbonyl (C=O) groups is 14. The van der Waals surface area contributed by atoms with Crippen LogP contribution in [0.25, 0.3) is 0 Å². The van der Waals surface area contributed by atoms with Gasteiger partial charge in [-0.15, -0.1) is 0 Å². The van der Waals surface area contributed by atoms with Gasteiger partial charge in [-0.3, -0.25) is 77.2 Å².